The van der Waals surface area contributed by atoms with E-state index in [0.29, 0.717) is 5.02 Å². The quantitative estimate of drug-likeness (QED) is 0.833. The summed E-state index contributed by atoms with van der Waals surface area (Å²) in [6.07, 6.45) is 2.18. The van der Waals surface area contributed by atoms with Crippen LogP contribution in [0.4, 0.5) is 11.4 Å². The minimum atomic E-state index is -0.0989. The average molecular weight is 303 g/mol. The second kappa shape index (κ2) is 7.70. The number of anilines is 2. The highest BCUT2D eigenvalue weighted by Gasteiger charge is 2.04. The van der Waals surface area contributed by atoms with E-state index in [1.807, 2.05) is 42.5 Å². The molecule has 0 aromatic heterocycles. The number of carbonyl (C=O) groups excluding carboxylic acids is 1. The van der Waals surface area contributed by atoms with Crippen LogP contribution < -0.4 is 10.6 Å². The molecule has 1 amide bonds. The lowest BCUT2D eigenvalue weighted by molar-refractivity contribution is -0.114. The number of para-hydroxylation sites is 1. The van der Waals surface area contributed by atoms with Crippen LogP contribution in [0.2, 0.25) is 5.02 Å². The molecule has 0 aliphatic heterocycles. The molecule has 110 valence electrons. The predicted molar refractivity (Wildman–Crippen MR) is 89.0 cm³/mol. The Labute approximate surface area is 130 Å². The molecule has 0 radical (unpaired) electrons. The number of amides is 1. The number of nitrogens with one attached hydrogen (secondary N) is 2. The second-order valence-corrected chi connectivity index (χ2v) is 5.24. The van der Waals surface area contributed by atoms with Gasteiger partial charge < -0.3 is 10.6 Å². The van der Waals surface area contributed by atoms with Crippen molar-refractivity contribution in [3.8, 4) is 0 Å². The van der Waals surface area contributed by atoms with E-state index in [4.69, 9.17) is 11.6 Å². The van der Waals surface area contributed by atoms with E-state index >= 15 is 0 Å². The number of benzene rings is 2. The smallest absolute Gasteiger partial charge is 0.243 e. The molecule has 0 unspecified atom stereocenters. The van der Waals surface area contributed by atoms with Gasteiger partial charge in [-0.05, 0) is 36.2 Å². The van der Waals surface area contributed by atoms with Crippen LogP contribution in [0.25, 0.3) is 0 Å². The number of aryl methyl sites for hydroxylation is 1. The molecule has 2 rings (SSSR count). The molecule has 2 aromatic carbocycles. The van der Waals surface area contributed by atoms with Gasteiger partial charge in [-0.2, -0.15) is 0 Å². The lowest BCUT2D eigenvalue weighted by Gasteiger charge is -2.09. The van der Waals surface area contributed by atoms with Crippen molar-refractivity contribution in [3.63, 3.8) is 0 Å². The molecular formula is C17H19ClN2O. The van der Waals surface area contributed by atoms with Gasteiger partial charge in [0.2, 0.25) is 5.91 Å². The Balaban J connectivity index is 1.85. The molecule has 0 atom stereocenters. The molecule has 4 heteroatoms. The fraction of sp³-hybridized carbons (Fsp3) is 0.235. The Hall–Kier alpha value is -2.00. The summed E-state index contributed by atoms with van der Waals surface area (Å²) in [4.78, 5) is 11.9. The van der Waals surface area contributed by atoms with Crippen LogP contribution in [0.1, 0.15) is 18.9 Å². The largest absolute Gasteiger partial charge is 0.375 e. The number of rotatable bonds is 6. The molecule has 0 bridgehead atoms. The highest BCUT2D eigenvalue weighted by atomic mass is 35.5. The van der Waals surface area contributed by atoms with Gasteiger partial charge in [-0.15, -0.1) is 0 Å². The molecule has 3 nitrogen and oxygen atoms in total. The van der Waals surface area contributed by atoms with Crippen LogP contribution in [-0.4, -0.2) is 12.5 Å². The van der Waals surface area contributed by atoms with Crippen molar-refractivity contribution in [2.24, 2.45) is 0 Å². The third-order valence-corrected chi connectivity index (χ3v) is 3.42. The van der Waals surface area contributed by atoms with Gasteiger partial charge in [0.05, 0.1) is 17.3 Å². The molecule has 0 saturated heterocycles. The van der Waals surface area contributed by atoms with Gasteiger partial charge in [0, 0.05) is 5.69 Å². The summed E-state index contributed by atoms with van der Waals surface area (Å²) in [7, 11) is 0. The Bertz CT molecular complexity index is 596. The van der Waals surface area contributed by atoms with E-state index in [2.05, 4.69) is 17.6 Å². The van der Waals surface area contributed by atoms with Gasteiger partial charge in [-0.1, -0.05) is 49.2 Å². The maximum absolute atomic E-state index is 11.9. The molecule has 2 aromatic rings. The van der Waals surface area contributed by atoms with Crippen molar-refractivity contribution < 1.29 is 4.79 Å². The second-order valence-electron chi connectivity index (χ2n) is 4.83. The molecule has 0 aliphatic carbocycles. The monoisotopic (exact) mass is 302 g/mol. The zero-order valence-corrected chi connectivity index (χ0v) is 12.8. The van der Waals surface area contributed by atoms with E-state index < -0.39 is 0 Å². The van der Waals surface area contributed by atoms with Crippen LogP contribution >= 0.6 is 11.6 Å². The molecule has 0 saturated carbocycles. The van der Waals surface area contributed by atoms with Gasteiger partial charge >= 0.3 is 0 Å². The number of hydrogen-bond acceptors (Lipinski definition) is 2. The van der Waals surface area contributed by atoms with Gasteiger partial charge in [-0.25, -0.2) is 0 Å². The standard InChI is InChI=1S/C17H19ClN2O/c1-2-5-13-8-10-14(11-9-13)20-17(21)12-19-16-7-4-3-6-15(16)18/h3-4,6-11,19H,2,5,12H2,1H3,(H,20,21). The van der Waals surface area contributed by atoms with Gasteiger partial charge in [0.1, 0.15) is 0 Å². The number of carbonyl (C=O) groups is 1. The summed E-state index contributed by atoms with van der Waals surface area (Å²) in [5, 5.41) is 6.48. The molecule has 0 spiro atoms. The van der Waals surface area contributed by atoms with Crippen LogP contribution in [0.3, 0.4) is 0 Å². The normalized spacial score (nSPS) is 10.2. The molecule has 0 aliphatic rings. The van der Waals surface area contributed by atoms with E-state index in [9.17, 15) is 4.79 Å². The van der Waals surface area contributed by atoms with Crippen LogP contribution in [0.5, 0.6) is 0 Å². The first-order valence-corrected chi connectivity index (χ1v) is 7.44. The highest BCUT2D eigenvalue weighted by Crippen LogP contribution is 2.20. The summed E-state index contributed by atoms with van der Waals surface area (Å²) in [6, 6.07) is 15.3. The van der Waals surface area contributed by atoms with E-state index in [1.54, 1.807) is 6.07 Å². The van der Waals surface area contributed by atoms with Crippen molar-refractivity contribution in [3.05, 3.63) is 59.1 Å². The Kier molecular flexibility index (Phi) is 5.64. The first-order chi connectivity index (χ1) is 10.2. The van der Waals surface area contributed by atoms with Crippen molar-refractivity contribution in [1.82, 2.24) is 0 Å². The summed E-state index contributed by atoms with van der Waals surface area (Å²) < 4.78 is 0. The highest BCUT2D eigenvalue weighted by molar-refractivity contribution is 6.33. The Morgan fingerprint density at radius 2 is 1.81 bits per heavy atom. The lowest BCUT2D eigenvalue weighted by Crippen LogP contribution is -2.21. The molecule has 0 fully saturated rings. The average Bonchev–Trinajstić information content (AvgIpc) is 2.49. The minimum Gasteiger partial charge on any atom is -0.375 e. The summed E-state index contributed by atoms with van der Waals surface area (Å²) in [6.45, 7) is 2.33. The number of hydrogen-bond donors (Lipinski definition) is 2. The maximum atomic E-state index is 11.9. The Morgan fingerprint density at radius 1 is 1.10 bits per heavy atom. The third kappa shape index (κ3) is 4.80. The Morgan fingerprint density at radius 3 is 2.48 bits per heavy atom. The van der Waals surface area contributed by atoms with Gasteiger partial charge in [-0.3, -0.25) is 4.79 Å². The third-order valence-electron chi connectivity index (χ3n) is 3.09. The lowest BCUT2D eigenvalue weighted by atomic mass is 10.1. The van der Waals surface area contributed by atoms with Crippen molar-refractivity contribution >= 4 is 28.9 Å². The van der Waals surface area contributed by atoms with Crippen molar-refractivity contribution in [2.45, 2.75) is 19.8 Å². The number of halogens is 1. The topological polar surface area (TPSA) is 41.1 Å². The van der Waals surface area contributed by atoms with Gasteiger partial charge in [0.15, 0.2) is 0 Å². The minimum absolute atomic E-state index is 0.0989. The SMILES string of the molecule is CCCc1ccc(NC(=O)CNc2ccccc2Cl)cc1. The van der Waals surface area contributed by atoms with Crippen molar-refractivity contribution in [1.29, 1.82) is 0 Å². The first kappa shape index (κ1) is 15.4. The van der Waals surface area contributed by atoms with Crippen LogP contribution in [0.15, 0.2) is 48.5 Å². The zero-order chi connectivity index (χ0) is 15.1. The van der Waals surface area contributed by atoms with E-state index in [1.165, 1.54) is 5.56 Å². The van der Waals surface area contributed by atoms with Crippen LogP contribution in [-0.2, 0) is 11.2 Å². The molecule has 0 heterocycles. The fourth-order valence-electron chi connectivity index (χ4n) is 2.03. The zero-order valence-electron chi connectivity index (χ0n) is 12.0. The summed E-state index contributed by atoms with van der Waals surface area (Å²) >= 11 is 6.02. The first-order valence-electron chi connectivity index (χ1n) is 7.06. The van der Waals surface area contributed by atoms with E-state index in [-0.39, 0.29) is 12.5 Å². The maximum Gasteiger partial charge on any atom is 0.243 e. The molecule has 2 N–H and O–H groups in total. The molecule has 21 heavy (non-hydrogen) atoms. The molecular weight excluding hydrogens is 284 g/mol. The fourth-order valence-corrected chi connectivity index (χ4v) is 2.23. The van der Waals surface area contributed by atoms with Gasteiger partial charge in [0.25, 0.3) is 0 Å². The van der Waals surface area contributed by atoms with Crippen molar-refractivity contribution in [2.75, 3.05) is 17.2 Å². The predicted octanol–water partition coefficient (Wildman–Crippen LogP) is 4.34. The van der Waals surface area contributed by atoms with E-state index in [0.717, 1.165) is 24.2 Å². The van der Waals surface area contributed by atoms with Crippen LogP contribution in [0, 0.1) is 0 Å². The summed E-state index contributed by atoms with van der Waals surface area (Å²) in [5.74, 6) is -0.0989. The summed E-state index contributed by atoms with van der Waals surface area (Å²) in [5.41, 5.74) is 2.85.